The number of likely N-dealkylation sites (tertiary alicyclic amines) is 1. The minimum absolute atomic E-state index is 0.0559. The largest absolute Gasteiger partial charge is 0.486 e. The maximum Gasteiger partial charge on any atom is 0.410 e. The Hall–Kier alpha value is -2.64. The highest BCUT2D eigenvalue weighted by molar-refractivity contribution is 5.77. The van der Waals surface area contributed by atoms with Crippen LogP contribution >= 0.6 is 0 Å². The van der Waals surface area contributed by atoms with Crippen LogP contribution in [0.3, 0.4) is 0 Å². The summed E-state index contributed by atoms with van der Waals surface area (Å²) in [6, 6.07) is 3.95. The van der Waals surface area contributed by atoms with Crippen molar-refractivity contribution in [2.24, 2.45) is 5.92 Å². The van der Waals surface area contributed by atoms with E-state index in [1.807, 2.05) is 0 Å². The molecule has 130 valence electrons. The van der Waals surface area contributed by atoms with Crippen LogP contribution in [-0.4, -0.2) is 47.5 Å². The molecule has 8 nitrogen and oxygen atoms in total. The number of rotatable bonds is 5. The molecule has 1 heterocycles. The van der Waals surface area contributed by atoms with Gasteiger partial charge in [0.15, 0.2) is 5.75 Å². The maximum atomic E-state index is 11.8. The molecule has 0 spiro atoms. The van der Waals surface area contributed by atoms with Gasteiger partial charge in [-0.3, -0.25) is 14.9 Å². The molecule has 0 radical (unpaired) electrons. The van der Waals surface area contributed by atoms with Crippen molar-refractivity contribution in [2.45, 2.75) is 26.4 Å². The van der Waals surface area contributed by atoms with Gasteiger partial charge in [-0.1, -0.05) is 0 Å². The van der Waals surface area contributed by atoms with E-state index < -0.39 is 10.5 Å². The molecule has 1 amide bonds. The molecule has 1 aliphatic heterocycles. The number of carbonyl (C=O) groups excluding carboxylic acids is 2. The van der Waals surface area contributed by atoms with E-state index in [9.17, 15) is 19.7 Å². The van der Waals surface area contributed by atoms with E-state index in [0.29, 0.717) is 24.9 Å². The maximum absolute atomic E-state index is 11.8. The average Bonchev–Trinajstić information content (AvgIpc) is 2.43. The quantitative estimate of drug-likeness (QED) is 0.465. The molecule has 0 aliphatic carbocycles. The lowest BCUT2D eigenvalue weighted by molar-refractivity contribution is -0.385. The molecular formula is C16H20N2O6. The van der Waals surface area contributed by atoms with E-state index in [-0.39, 0.29) is 30.1 Å². The predicted octanol–water partition coefficient (Wildman–Crippen LogP) is 2.65. The summed E-state index contributed by atoms with van der Waals surface area (Å²) in [7, 11) is 0. The van der Waals surface area contributed by atoms with Gasteiger partial charge in [-0.25, -0.2) is 4.79 Å². The second kappa shape index (κ2) is 6.86. The van der Waals surface area contributed by atoms with Crippen LogP contribution in [0.5, 0.6) is 5.75 Å². The summed E-state index contributed by atoms with van der Waals surface area (Å²) in [6.07, 6.45) is 0.220. The summed E-state index contributed by atoms with van der Waals surface area (Å²) < 4.78 is 10.7. The standard InChI is InChI=1S/C16H20N2O6/c1-16(2,3)24-15(20)17-7-12(8-17)10-23-14-6-11(9-19)4-5-13(14)18(21)22/h4-6,9,12H,7-8,10H2,1-3H3. The van der Waals surface area contributed by atoms with E-state index in [1.165, 1.54) is 18.2 Å². The Morgan fingerprint density at radius 1 is 1.42 bits per heavy atom. The lowest BCUT2D eigenvalue weighted by Crippen LogP contribution is -2.53. The van der Waals surface area contributed by atoms with Crippen molar-refractivity contribution in [2.75, 3.05) is 19.7 Å². The van der Waals surface area contributed by atoms with E-state index in [4.69, 9.17) is 9.47 Å². The molecular weight excluding hydrogens is 316 g/mol. The average molecular weight is 336 g/mol. The summed E-state index contributed by atoms with van der Waals surface area (Å²) in [4.78, 5) is 34.6. The van der Waals surface area contributed by atoms with Crippen LogP contribution in [0, 0.1) is 16.0 Å². The van der Waals surface area contributed by atoms with Crippen molar-refractivity contribution in [3.63, 3.8) is 0 Å². The summed E-state index contributed by atoms with van der Waals surface area (Å²) in [6.45, 7) is 6.55. The lowest BCUT2D eigenvalue weighted by atomic mass is 10.0. The smallest absolute Gasteiger partial charge is 0.410 e. The molecule has 1 aromatic carbocycles. The van der Waals surface area contributed by atoms with Crippen molar-refractivity contribution >= 4 is 18.1 Å². The van der Waals surface area contributed by atoms with Gasteiger partial charge in [0.1, 0.15) is 11.9 Å². The van der Waals surface area contributed by atoms with Crippen LogP contribution in [-0.2, 0) is 4.74 Å². The highest BCUT2D eigenvalue weighted by atomic mass is 16.6. The molecule has 8 heteroatoms. The third-order valence-electron chi connectivity index (χ3n) is 3.40. The molecule has 24 heavy (non-hydrogen) atoms. The first-order valence-corrected chi connectivity index (χ1v) is 7.54. The first-order valence-electron chi connectivity index (χ1n) is 7.54. The van der Waals surface area contributed by atoms with Crippen LogP contribution in [0.15, 0.2) is 18.2 Å². The zero-order chi connectivity index (χ0) is 17.9. The minimum Gasteiger partial charge on any atom is -0.486 e. The van der Waals surface area contributed by atoms with Crippen LogP contribution < -0.4 is 4.74 Å². The highest BCUT2D eigenvalue weighted by Gasteiger charge is 2.34. The van der Waals surface area contributed by atoms with Gasteiger partial charge in [-0.15, -0.1) is 0 Å². The topological polar surface area (TPSA) is 99.0 Å². The molecule has 1 aromatic rings. The monoisotopic (exact) mass is 336 g/mol. The van der Waals surface area contributed by atoms with Gasteiger partial charge in [0.2, 0.25) is 0 Å². The number of aldehydes is 1. The molecule has 0 bridgehead atoms. The predicted molar refractivity (Wildman–Crippen MR) is 85.3 cm³/mol. The van der Waals surface area contributed by atoms with Crippen molar-refractivity contribution in [3.8, 4) is 5.75 Å². The van der Waals surface area contributed by atoms with Gasteiger partial charge in [-0.2, -0.15) is 0 Å². The number of hydrogen-bond donors (Lipinski definition) is 0. The number of ether oxygens (including phenoxy) is 2. The fraction of sp³-hybridized carbons (Fsp3) is 0.500. The van der Waals surface area contributed by atoms with Crippen LogP contribution in [0.2, 0.25) is 0 Å². The Morgan fingerprint density at radius 3 is 2.62 bits per heavy atom. The molecule has 1 aliphatic rings. The van der Waals surface area contributed by atoms with E-state index >= 15 is 0 Å². The normalized spacial score (nSPS) is 14.7. The molecule has 2 rings (SSSR count). The van der Waals surface area contributed by atoms with Crippen molar-refractivity contribution in [3.05, 3.63) is 33.9 Å². The number of hydrogen-bond acceptors (Lipinski definition) is 6. The number of amides is 1. The highest BCUT2D eigenvalue weighted by Crippen LogP contribution is 2.29. The number of carbonyl (C=O) groups is 2. The van der Waals surface area contributed by atoms with Gasteiger partial charge in [0.25, 0.3) is 0 Å². The summed E-state index contributed by atoms with van der Waals surface area (Å²) in [5.74, 6) is 0.123. The van der Waals surface area contributed by atoms with Crippen LogP contribution in [0.4, 0.5) is 10.5 Å². The molecule has 0 unspecified atom stereocenters. The molecule has 0 aromatic heterocycles. The van der Waals surface area contributed by atoms with Gasteiger partial charge in [-0.05, 0) is 32.9 Å². The summed E-state index contributed by atoms with van der Waals surface area (Å²) in [5.41, 5.74) is -0.433. The number of benzene rings is 1. The Balaban J connectivity index is 1.89. The second-order valence-electron chi connectivity index (χ2n) is 6.66. The van der Waals surface area contributed by atoms with Gasteiger partial charge >= 0.3 is 11.8 Å². The van der Waals surface area contributed by atoms with Gasteiger partial charge in [0.05, 0.1) is 11.5 Å². The first-order chi connectivity index (χ1) is 11.2. The first kappa shape index (κ1) is 17.7. The lowest BCUT2D eigenvalue weighted by Gasteiger charge is -2.39. The Labute approximate surface area is 139 Å². The fourth-order valence-corrected chi connectivity index (χ4v) is 2.23. The third kappa shape index (κ3) is 4.43. The summed E-state index contributed by atoms with van der Waals surface area (Å²) >= 11 is 0. The molecule has 1 fully saturated rings. The zero-order valence-corrected chi connectivity index (χ0v) is 13.9. The van der Waals surface area contributed by atoms with Crippen LogP contribution in [0.1, 0.15) is 31.1 Å². The van der Waals surface area contributed by atoms with Crippen molar-refractivity contribution in [1.82, 2.24) is 4.90 Å². The molecule has 0 atom stereocenters. The van der Waals surface area contributed by atoms with Crippen molar-refractivity contribution in [1.29, 1.82) is 0 Å². The molecule has 0 saturated carbocycles. The SMILES string of the molecule is CC(C)(C)OC(=O)N1CC(COc2cc(C=O)ccc2[N+](=O)[O-])C1. The van der Waals surface area contributed by atoms with Gasteiger partial charge in [0, 0.05) is 30.6 Å². The second-order valence-corrected chi connectivity index (χ2v) is 6.66. The number of nitro benzene ring substituents is 1. The Kier molecular flexibility index (Phi) is 5.06. The van der Waals surface area contributed by atoms with Crippen molar-refractivity contribution < 1.29 is 24.0 Å². The van der Waals surface area contributed by atoms with E-state index in [2.05, 4.69) is 0 Å². The number of nitrogens with zero attached hydrogens (tertiary/aromatic N) is 2. The Morgan fingerprint density at radius 2 is 2.08 bits per heavy atom. The summed E-state index contributed by atoms with van der Waals surface area (Å²) in [5, 5.41) is 11.0. The minimum atomic E-state index is -0.558. The van der Waals surface area contributed by atoms with Crippen LogP contribution in [0.25, 0.3) is 0 Å². The molecule has 1 saturated heterocycles. The van der Waals surface area contributed by atoms with E-state index in [0.717, 1.165) is 0 Å². The fourth-order valence-electron chi connectivity index (χ4n) is 2.23. The number of nitro groups is 1. The third-order valence-corrected chi connectivity index (χ3v) is 3.40. The van der Waals surface area contributed by atoms with Gasteiger partial charge < -0.3 is 14.4 Å². The Bertz CT molecular complexity index is 646. The van der Waals surface area contributed by atoms with E-state index in [1.54, 1.807) is 25.7 Å². The zero-order valence-electron chi connectivity index (χ0n) is 13.9. The molecule has 0 N–H and O–H groups in total.